The Labute approximate surface area is 132 Å². The molecule has 0 aromatic rings. The van der Waals surface area contributed by atoms with Crippen LogP contribution < -0.4 is 5.73 Å². The van der Waals surface area contributed by atoms with Crippen LogP contribution in [0.2, 0.25) is 0 Å². The smallest absolute Gasteiger partial charge is 0.318 e. The second-order valence-electron chi connectivity index (χ2n) is 7.89. The zero-order valence-electron chi connectivity index (χ0n) is 13.8. The largest absolute Gasteiger partial charge is 0.331 e. The number of imide groups is 1. The molecular weight excluding hydrogens is 282 g/mol. The second-order valence-corrected chi connectivity index (χ2v) is 7.89. The summed E-state index contributed by atoms with van der Waals surface area (Å²) in [5.41, 5.74) is 5.65. The number of hydrogen-bond donors (Lipinski definition) is 1. The van der Waals surface area contributed by atoms with E-state index < -0.39 is 11.8 Å². The molecule has 2 atom stereocenters. The molecule has 2 aliphatic rings. The van der Waals surface area contributed by atoms with Gasteiger partial charge in [-0.25, -0.2) is 0 Å². The zero-order valence-corrected chi connectivity index (χ0v) is 13.8. The molecule has 6 nitrogen and oxygen atoms in total. The number of nitrogens with two attached hydrogens (primary N) is 1. The quantitative estimate of drug-likeness (QED) is 0.613. The van der Waals surface area contributed by atoms with Crippen molar-refractivity contribution in [3.05, 3.63) is 0 Å². The van der Waals surface area contributed by atoms with E-state index in [1.54, 1.807) is 4.90 Å². The van der Waals surface area contributed by atoms with E-state index >= 15 is 0 Å². The van der Waals surface area contributed by atoms with Gasteiger partial charge in [0.15, 0.2) is 0 Å². The van der Waals surface area contributed by atoms with E-state index in [-0.39, 0.29) is 23.4 Å². The molecule has 0 aromatic carbocycles. The number of nitrogens with zero attached hydrogens (tertiary/aromatic N) is 2. The zero-order chi connectivity index (χ0) is 16.5. The van der Waals surface area contributed by atoms with Crippen LogP contribution in [0.25, 0.3) is 0 Å². The number of carbonyl (C=O) groups is 3. The lowest BCUT2D eigenvalue weighted by atomic mass is 9.65. The first kappa shape index (κ1) is 16.9. The second kappa shape index (κ2) is 5.99. The van der Waals surface area contributed by atoms with Gasteiger partial charge in [0.05, 0.1) is 0 Å². The van der Waals surface area contributed by atoms with Gasteiger partial charge in [0.2, 0.25) is 6.41 Å². The maximum Gasteiger partial charge on any atom is 0.318 e. The number of rotatable bonds is 4. The Morgan fingerprint density at radius 1 is 1.32 bits per heavy atom. The average Bonchev–Trinajstić information content (AvgIpc) is 2.67. The predicted octanol–water partition coefficient (Wildman–Crippen LogP) is 0.747. The molecule has 2 rings (SSSR count). The monoisotopic (exact) mass is 309 g/mol. The Kier molecular flexibility index (Phi) is 4.61. The Morgan fingerprint density at radius 2 is 2.00 bits per heavy atom. The fourth-order valence-electron chi connectivity index (χ4n) is 4.41. The van der Waals surface area contributed by atoms with Crippen molar-refractivity contribution in [2.75, 3.05) is 19.6 Å². The molecule has 2 fully saturated rings. The highest BCUT2D eigenvalue weighted by Gasteiger charge is 2.52. The summed E-state index contributed by atoms with van der Waals surface area (Å²) in [6, 6.07) is 0.105. The minimum atomic E-state index is -0.725. The third-order valence-corrected chi connectivity index (χ3v) is 4.85. The standard InChI is InChI=1S/C16H27N3O3/c1-15(2)7-12-8-16(3,9-15)10-19(12)14(22)13(21)18(11-20)6-4-5-17/h11-12H,4-10,17H2,1-3H3. The van der Waals surface area contributed by atoms with Crippen LogP contribution >= 0.6 is 0 Å². The SMILES string of the molecule is CC1(C)CC2CC(C)(CN2C(=O)C(=O)N(C=O)CCCN)C1. The number of amides is 3. The molecule has 1 saturated heterocycles. The summed E-state index contributed by atoms with van der Waals surface area (Å²) in [5, 5.41) is 0. The van der Waals surface area contributed by atoms with E-state index in [0.29, 0.717) is 25.9 Å². The van der Waals surface area contributed by atoms with Crippen molar-refractivity contribution >= 4 is 18.2 Å². The summed E-state index contributed by atoms with van der Waals surface area (Å²) in [6.07, 6.45) is 3.85. The molecule has 0 aromatic heterocycles. The number of likely N-dealkylation sites (tertiary alicyclic amines) is 1. The molecule has 2 bridgehead atoms. The number of hydrogen-bond acceptors (Lipinski definition) is 4. The topological polar surface area (TPSA) is 83.7 Å². The van der Waals surface area contributed by atoms with Crippen molar-refractivity contribution in [2.24, 2.45) is 16.6 Å². The van der Waals surface area contributed by atoms with Crippen molar-refractivity contribution < 1.29 is 14.4 Å². The van der Waals surface area contributed by atoms with E-state index in [2.05, 4.69) is 20.8 Å². The number of fused-ring (bicyclic) bond motifs is 2. The van der Waals surface area contributed by atoms with Gasteiger partial charge in [0, 0.05) is 19.1 Å². The molecule has 1 aliphatic heterocycles. The van der Waals surface area contributed by atoms with Crippen LogP contribution in [0.15, 0.2) is 0 Å². The van der Waals surface area contributed by atoms with Crippen LogP contribution in [0.4, 0.5) is 0 Å². The van der Waals surface area contributed by atoms with E-state index in [0.717, 1.165) is 24.2 Å². The summed E-state index contributed by atoms with van der Waals surface area (Å²) >= 11 is 0. The Balaban J connectivity index is 2.10. The molecule has 2 unspecified atom stereocenters. The fraction of sp³-hybridized carbons (Fsp3) is 0.812. The highest BCUT2D eigenvalue weighted by molar-refractivity contribution is 6.36. The van der Waals surface area contributed by atoms with Crippen molar-refractivity contribution in [3.63, 3.8) is 0 Å². The molecule has 0 radical (unpaired) electrons. The van der Waals surface area contributed by atoms with E-state index in [4.69, 9.17) is 5.73 Å². The van der Waals surface area contributed by atoms with Gasteiger partial charge in [-0.3, -0.25) is 19.3 Å². The van der Waals surface area contributed by atoms with Crippen molar-refractivity contribution in [3.8, 4) is 0 Å². The van der Waals surface area contributed by atoms with Crippen molar-refractivity contribution in [2.45, 2.75) is 52.5 Å². The predicted molar refractivity (Wildman–Crippen MR) is 82.7 cm³/mol. The van der Waals surface area contributed by atoms with Gasteiger partial charge < -0.3 is 10.6 Å². The van der Waals surface area contributed by atoms with Gasteiger partial charge in [-0.15, -0.1) is 0 Å². The molecular formula is C16H27N3O3. The maximum absolute atomic E-state index is 12.5. The highest BCUT2D eigenvalue weighted by Crippen LogP contribution is 2.52. The van der Waals surface area contributed by atoms with Gasteiger partial charge in [0.25, 0.3) is 0 Å². The van der Waals surface area contributed by atoms with Crippen molar-refractivity contribution in [1.29, 1.82) is 0 Å². The van der Waals surface area contributed by atoms with Crippen LogP contribution in [-0.4, -0.2) is 53.7 Å². The Morgan fingerprint density at radius 3 is 2.59 bits per heavy atom. The number of carbonyl (C=O) groups excluding carboxylic acids is 3. The Hall–Kier alpha value is -1.43. The first-order valence-corrected chi connectivity index (χ1v) is 7.98. The van der Waals surface area contributed by atoms with Gasteiger partial charge in [-0.1, -0.05) is 20.8 Å². The molecule has 2 N–H and O–H groups in total. The Bertz CT molecular complexity index is 477. The molecule has 3 amide bonds. The summed E-state index contributed by atoms with van der Waals surface area (Å²) < 4.78 is 0. The fourth-order valence-corrected chi connectivity index (χ4v) is 4.41. The van der Waals surface area contributed by atoms with E-state index in [9.17, 15) is 14.4 Å². The summed E-state index contributed by atoms with van der Waals surface area (Å²) in [7, 11) is 0. The first-order chi connectivity index (χ1) is 10.2. The summed E-state index contributed by atoms with van der Waals surface area (Å²) in [6.45, 7) is 7.80. The van der Waals surface area contributed by atoms with Crippen LogP contribution in [0.1, 0.15) is 46.5 Å². The lowest BCUT2D eigenvalue weighted by Gasteiger charge is -2.39. The van der Waals surface area contributed by atoms with E-state index in [1.165, 1.54) is 0 Å². The minimum absolute atomic E-state index is 0.0750. The third-order valence-electron chi connectivity index (χ3n) is 4.85. The average molecular weight is 309 g/mol. The van der Waals surface area contributed by atoms with Crippen LogP contribution in [0.5, 0.6) is 0 Å². The van der Waals surface area contributed by atoms with Gasteiger partial charge >= 0.3 is 11.8 Å². The lowest BCUT2D eigenvalue weighted by molar-refractivity contribution is -0.154. The van der Waals surface area contributed by atoms with Gasteiger partial charge in [0.1, 0.15) is 0 Å². The van der Waals surface area contributed by atoms with Gasteiger partial charge in [-0.05, 0) is 43.1 Å². The molecule has 6 heteroatoms. The molecule has 22 heavy (non-hydrogen) atoms. The van der Waals surface area contributed by atoms with Crippen LogP contribution in [0, 0.1) is 10.8 Å². The van der Waals surface area contributed by atoms with Gasteiger partial charge in [-0.2, -0.15) is 0 Å². The van der Waals surface area contributed by atoms with Crippen LogP contribution in [-0.2, 0) is 14.4 Å². The lowest BCUT2D eigenvalue weighted by Crippen LogP contribution is -2.47. The molecule has 0 spiro atoms. The first-order valence-electron chi connectivity index (χ1n) is 7.98. The molecule has 124 valence electrons. The summed E-state index contributed by atoms with van der Waals surface area (Å²) in [5.74, 6) is -1.27. The highest BCUT2D eigenvalue weighted by atomic mass is 16.2. The van der Waals surface area contributed by atoms with Crippen molar-refractivity contribution in [1.82, 2.24) is 9.80 Å². The van der Waals surface area contributed by atoms with Crippen LogP contribution in [0.3, 0.4) is 0 Å². The molecule has 1 saturated carbocycles. The van der Waals surface area contributed by atoms with E-state index in [1.807, 2.05) is 0 Å². The maximum atomic E-state index is 12.5. The minimum Gasteiger partial charge on any atom is -0.331 e. The molecule has 1 heterocycles. The third kappa shape index (κ3) is 3.32. The normalized spacial score (nSPS) is 29.3. The summed E-state index contributed by atoms with van der Waals surface area (Å²) in [4.78, 5) is 38.5. The molecule has 1 aliphatic carbocycles.